The third-order valence-corrected chi connectivity index (χ3v) is 4.05. The zero-order chi connectivity index (χ0) is 9.86. The van der Waals surface area contributed by atoms with E-state index in [1.165, 1.54) is 64.7 Å². The molecule has 82 valence electrons. The molecular formula is C12H24N2. The first-order valence-corrected chi connectivity index (χ1v) is 6.27. The SMILES string of the molecule is CC1(N2CCCCCC2)CCNCC1. The maximum absolute atomic E-state index is 3.47. The minimum Gasteiger partial charge on any atom is -0.317 e. The van der Waals surface area contributed by atoms with Gasteiger partial charge in [-0.3, -0.25) is 4.90 Å². The topological polar surface area (TPSA) is 15.3 Å². The summed E-state index contributed by atoms with van der Waals surface area (Å²) in [5.74, 6) is 0. The molecule has 0 aromatic rings. The number of hydrogen-bond donors (Lipinski definition) is 1. The van der Waals surface area contributed by atoms with E-state index in [0.29, 0.717) is 5.54 Å². The zero-order valence-corrected chi connectivity index (χ0v) is 9.52. The molecule has 2 fully saturated rings. The summed E-state index contributed by atoms with van der Waals surface area (Å²) in [7, 11) is 0. The maximum atomic E-state index is 3.47. The lowest BCUT2D eigenvalue weighted by Gasteiger charge is -2.44. The summed E-state index contributed by atoms with van der Waals surface area (Å²) >= 11 is 0. The van der Waals surface area contributed by atoms with Gasteiger partial charge in [-0.25, -0.2) is 0 Å². The molecule has 2 aliphatic rings. The van der Waals surface area contributed by atoms with Crippen molar-refractivity contribution < 1.29 is 0 Å². The van der Waals surface area contributed by atoms with Gasteiger partial charge >= 0.3 is 0 Å². The smallest absolute Gasteiger partial charge is 0.0205 e. The van der Waals surface area contributed by atoms with E-state index in [0.717, 1.165) is 0 Å². The third kappa shape index (κ3) is 2.29. The minimum atomic E-state index is 0.510. The first-order chi connectivity index (χ1) is 6.81. The van der Waals surface area contributed by atoms with Crippen molar-refractivity contribution in [1.29, 1.82) is 0 Å². The standard InChI is InChI=1S/C12H24N2/c1-12(6-8-13-9-7-12)14-10-4-2-3-5-11-14/h13H,2-11H2,1H3. The van der Waals surface area contributed by atoms with E-state index >= 15 is 0 Å². The summed E-state index contributed by atoms with van der Waals surface area (Å²) in [6.07, 6.45) is 8.42. The first-order valence-electron chi connectivity index (χ1n) is 6.27. The fourth-order valence-electron chi connectivity index (χ4n) is 2.89. The van der Waals surface area contributed by atoms with Gasteiger partial charge in [0.05, 0.1) is 0 Å². The molecule has 2 nitrogen and oxygen atoms in total. The molecule has 2 heteroatoms. The highest BCUT2D eigenvalue weighted by Gasteiger charge is 2.32. The second kappa shape index (κ2) is 4.63. The summed E-state index contributed by atoms with van der Waals surface area (Å²) in [5.41, 5.74) is 0.510. The Morgan fingerprint density at radius 2 is 1.50 bits per heavy atom. The molecule has 1 N–H and O–H groups in total. The van der Waals surface area contributed by atoms with Crippen LogP contribution in [0.1, 0.15) is 45.4 Å². The van der Waals surface area contributed by atoms with Crippen LogP contribution in [-0.2, 0) is 0 Å². The van der Waals surface area contributed by atoms with Crippen molar-refractivity contribution in [1.82, 2.24) is 10.2 Å². The molecule has 2 aliphatic heterocycles. The number of rotatable bonds is 1. The Hall–Kier alpha value is -0.0800. The van der Waals surface area contributed by atoms with Gasteiger partial charge in [0.1, 0.15) is 0 Å². The molecule has 0 amide bonds. The van der Waals surface area contributed by atoms with E-state index in [9.17, 15) is 0 Å². The lowest BCUT2D eigenvalue weighted by molar-refractivity contribution is 0.0759. The van der Waals surface area contributed by atoms with Gasteiger partial charge in [0.25, 0.3) is 0 Å². The predicted molar refractivity (Wildman–Crippen MR) is 60.5 cm³/mol. The second-order valence-electron chi connectivity index (χ2n) is 5.15. The van der Waals surface area contributed by atoms with Crippen molar-refractivity contribution in [2.75, 3.05) is 26.2 Å². The van der Waals surface area contributed by atoms with Crippen LogP contribution in [0.15, 0.2) is 0 Å². The van der Waals surface area contributed by atoms with E-state index in [4.69, 9.17) is 0 Å². The Bertz CT molecular complexity index is 165. The summed E-state index contributed by atoms with van der Waals surface area (Å²) in [6.45, 7) is 7.59. The lowest BCUT2D eigenvalue weighted by atomic mass is 9.88. The highest BCUT2D eigenvalue weighted by molar-refractivity contribution is 4.91. The number of nitrogens with zero attached hydrogens (tertiary/aromatic N) is 1. The summed E-state index contributed by atoms with van der Waals surface area (Å²) in [6, 6.07) is 0. The van der Waals surface area contributed by atoms with Crippen molar-refractivity contribution in [3.63, 3.8) is 0 Å². The molecule has 14 heavy (non-hydrogen) atoms. The van der Waals surface area contributed by atoms with Crippen LogP contribution in [-0.4, -0.2) is 36.6 Å². The highest BCUT2D eigenvalue weighted by atomic mass is 15.2. The molecule has 0 aromatic carbocycles. The number of nitrogens with one attached hydrogen (secondary N) is 1. The van der Waals surface area contributed by atoms with Crippen LogP contribution < -0.4 is 5.32 Å². The minimum absolute atomic E-state index is 0.510. The van der Waals surface area contributed by atoms with E-state index in [-0.39, 0.29) is 0 Å². The van der Waals surface area contributed by atoms with Crippen molar-refractivity contribution in [3.8, 4) is 0 Å². The second-order valence-corrected chi connectivity index (χ2v) is 5.15. The molecule has 2 saturated heterocycles. The van der Waals surface area contributed by atoms with Crippen LogP contribution in [0.3, 0.4) is 0 Å². The van der Waals surface area contributed by atoms with E-state index < -0.39 is 0 Å². The van der Waals surface area contributed by atoms with E-state index in [2.05, 4.69) is 17.1 Å². The van der Waals surface area contributed by atoms with Crippen molar-refractivity contribution in [2.45, 2.75) is 51.0 Å². The van der Waals surface area contributed by atoms with Crippen LogP contribution in [0.5, 0.6) is 0 Å². The Labute approximate surface area is 88.1 Å². The van der Waals surface area contributed by atoms with Gasteiger partial charge < -0.3 is 5.32 Å². The predicted octanol–water partition coefficient (Wildman–Crippen LogP) is 2.00. The Morgan fingerprint density at radius 1 is 0.929 bits per heavy atom. The van der Waals surface area contributed by atoms with Gasteiger partial charge in [0.2, 0.25) is 0 Å². The van der Waals surface area contributed by atoms with Crippen LogP contribution in [0, 0.1) is 0 Å². The molecule has 2 heterocycles. The van der Waals surface area contributed by atoms with Crippen LogP contribution in [0.4, 0.5) is 0 Å². The van der Waals surface area contributed by atoms with Gasteiger partial charge in [-0.15, -0.1) is 0 Å². The lowest BCUT2D eigenvalue weighted by Crippen LogP contribution is -2.52. The Morgan fingerprint density at radius 3 is 2.07 bits per heavy atom. The summed E-state index contributed by atoms with van der Waals surface area (Å²) < 4.78 is 0. The third-order valence-electron chi connectivity index (χ3n) is 4.05. The average Bonchev–Trinajstić information content (AvgIpc) is 2.47. The van der Waals surface area contributed by atoms with E-state index in [1.54, 1.807) is 0 Å². The zero-order valence-electron chi connectivity index (χ0n) is 9.52. The highest BCUT2D eigenvalue weighted by Crippen LogP contribution is 2.28. The fourth-order valence-corrected chi connectivity index (χ4v) is 2.89. The largest absolute Gasteiger partial charge is 0.317 e. The molecule has 0 spiro atoms. The molecule has 0 saturated carbocycles. The quantitative estimate of drug-likeness (QED) is 0.690. The van der Waals surface area contributed by atoms with Gasteiger partial charge in [-0.05, 0) is 58.8 Å². The molecule has 0 aliphatic carbocycles. The number of hydrogen-bond acceptors (Lipinski definition) is 2. The van der Waals surface area contributed by atoms with Crippen molar-refractivity contribution >= 4 is 0 Å². The van der Waals surface area contributed by atoms with Gasteiger partial charge in [-0.1, -0.05) is 12.8 Å². The summed E-state index contributed by atoms with van der Waals surface area (Å²) in [5, 5.41) is 3.47. The monoisotopic (exact) mass is 196 g/mol. The molecule has 2 rings (SSSR count). The van der Waals surface area contributed by atoms with Crippen LogP contribution in [0.25, 0.3) is 0 Å². The molecule has 0 atom stereocenters. The molecule has 0 bridgehead atoms. The average molecular weight is 196 g/mol. The molecular weight excluding hydrogens is 172 g/mol. The Balaban J connectivity index is 1.95. The Kier molecular flexibility index (Phi) is 3.45. The first kappa shape index (κ1) is 10.4. The van der Waals surface area contributed by atoms with Crippen LogP contribution in [0.2, 0.25) is 0 Å². The molecule has 0 aromatic heterocycles. The van der Waals surface area contributed by atoms with Crippen LogP contribution >= 0.6 is 0 Å². The summed E-state index contributed by atoms with van der Waals surface area (Å²) in [4.78, 5) is 2.76. The number of piperidine rings is 1. The molecule has 0 radical (unpaired) electrons. The van der Waals surface area contributed by atoms with Crippen molar-refractivity contribution in [3.05, 3.63) is 0 Å². The molecule has 0 unspecified atom stereocenters. The number of likely N-dealkylation sites (tertiary alicyclic amines) is 1. The van der Waals surface area contributed by atoms with E-state index in [1.807, 2.05) is 0 Å². The maximum Gasteiger partial charge on any atom is 0.0205 e. The van der Waals surface area contributed by atoms with Gasteiger partial charge in [0, 0.05) is 5.54 Å². The van der Waals surface area contributed by atoms with Gasteiger partial charge in [0.15, 0.2) is 0 Å². The fraction of sp³-hybridized carbons (Fsp3) is 1.00. The van der Waals surface area contributed by atoms with Gasteiger partial charge in [-0.2, -0.15) is 0 Å². The van der Waals surface area contributed by atoms with Crippen molar-refractivity contribution in [2.24, 2.45) is 0 Å². The normalized spacial score (nSPS) is 29.8.